The smallest absolute Gasteiger partial charge is 0.126 e. The van der Waals surface area contributed by atoms with Crippen molar-refractivity contribution in [3.05, 3.63) is 59.9 Å². The van der Waals surface area contributed by atoms with E-state index in [-0.39, 0.29) is 11.3 Å². The van der Waals surface area contributed by atoms with Crippen molar-refractivity contribution in [3.63, 3.8) is 0 Å². The monoisotopic (exact) mass is 415 g/mol. The molecule has 0 aliphatic carbocycles. The number of rotatable bonds is 7. The summed E-state index contributed by atoms with van der Waals surface area (Å²) in [6.07, 6.45) is 4.45. The average molecular weight is 416 g/mol. The van der Waals surface area contributed by atoms with Gasteiger partial charge in [0.1, 0.15) is 17.1 Å². The number of ether oxygens (including phenoxy) is 1. The molecule has 4 nitrogen and oxygen atoms in total. The van der Waals surface area contributed by atoms with Gasteiger partial charge in [-0.15, -0.1) is 11.8 Å². The van der Waals surface area contributed by atoms with Crippen LogP contribution < -0.4 is 15.4 Å². The number of piperidine rings is 1. The third-order valence-electron chi connectivity index (χ3n) is 5.86. The van der Waals surface area contributed by atoms with Gasteiger partial charge in [0.2, 0.25) is 0 Å². The first-order chi connectivity index (χ1) is 14.2. The zero-order valence-electron chi connectivity index (χ0n) is 16.8. The lowest BCUT2D eigenvalue weighted by molar-refractivity contribution is 0.198. The fourth-order valence-electron chi connectivity index (χ4n) is 4.26. The maximum atomic E-state index is 12.9. The summed E-state index contributed by atoms with van der Waals surface area (Å²) in [6.45, 7) is 4.04. The van der Waals surface area contributed by atoms with Gasteiger partial charge in [0.05, 0.1) is 6.61 Å². The molecule has 2 aromatic rings. The maximum Gasteiger partial charge on any atom is 0.126 e. The highest BCUT2D eigenvalue weighted by molar-refractivity contribution is 7.99. The lowest BCUT2D eigenvalue weighted by atomic mass is 10.0. The van der Waals surface area contributed by atoms with Gasteiger partial charge >= 0.3 is 0 Å². The van der Waals surface area contributed by atoms with Crippen LogP contribution in [-0.2, 0) is 5.75 Å². The van der Waals surface area contributed by atoms with Crippen LogP contribution in [0.15, 0.2) is 48.5 Å². The lowest BCUT2D eigenvalue weighted by Gasteiger charge is -2.45. The van der Waals surface area contributed by atoms with E-state index in [1.54, 1.807) is 12.1 Å². The van der Waals surface area contributed by atoms with Crippen molar-refractivity contribution in [1.82, 2.24) is 4.90 Å². The summed E-state index contributed by atoms with van der Waals surface area (Å²) in [5.74, 6) is 1.52. The number of benzene rings is 2. The summed E-state index contributed by atoms with van der Waals surface area (Å²) < 4.78 is 18.6. The van der Waals surface area contributed by atoms with Crippen molar-refractivity contribution in [3.8, 4) is 5.75 Å². The highest BCUT2D eigenvalue weighted by Crippen LogP contribution is 2.37. The second-order valence-corrected chi connectivity index (χ2v) is 8.92. The van der Waals surface area contributed by atoms with E-state index >= 15 is 0 Å². The minimum atomic E-state index is -0.228. The molecule has 29 heavy (non-hydrogen) atoms. The summed E-state index contributed by atoms with van der Waals surface area (Å²) in [6, 6.07) is 15.5. The number of hydrogen-bond donors (Lipinski definition) is 1. The zero-order valence-corrected chi connectivity index (χ0v) is 17.6. The Hall–Kier alpha value is -1.76. The molecular weight excluding hydrogens is 385 g/mol. The van der Waals surface area contributed by atoms with E-state index in [4.69, 9.17) is 10.5 Å². The molecule has 0 aromatic heterocycles. The molecule has 0 bridgehead atoms. The summed E-state index contributed by atoms with van der Waals surface area (Å²) in [5, 5.41) is 0. The van der Waals surface area contributed by atoms with Crippen LogP contribution in [0.2, 0.25) is 0 Å². The lowest BCUT2D eigenvalue weighted by Crippen LogP contribution is -2.52. The van der Waals surface area contributed by atoms with Gasteiger partial charge < -0.3 is 20.3 Å². The Balaban J connectivity index is 1.19. The van der Waals surface area contributed by atoms with Crippen molar-refractivity contribution in [2.75, 3.05) is 31.1 Å². The first kappa shape index (κ1) is 20.5. The third kappa shape index (κ3) is 5.24. The number of likely N-dealkylation sites (tertiary alicyclic amines) is 1. The van der Waals surface area contributed by atoms with Gasteiger partial charge in [-0.05, 0) is 68.1 Å². The number of unbranched alkanes of at least 4 members (excludes halogenated alkanes) is 1. The van der Waals surface area contributed by atoms with E-state index in [0.717, 1.165) is 56.8 Å². The van der Waals surface area contributed by atoms with Crippen molar-refractivity contribution in [1.29, 1.82) is 0 Å². The fraction of sp³-hybridized carbons (Fsp3) is 0.478. The molecule has 1 unspecified atom stereocenters. The number of fused-ring (bicyclic) bond motifs is 1. The number of hydrogen-bond acceptors (Lipinski definition) is 5. The van der Waals surface area contributed by atoms with Gasteiger partial charge in [-0.2, -0.15) is 0 Å². The van der Waals surface area contributed by atoms with Crippen LogP contribution in [0.1, 0.15) is 31.2 Å². The molecule has 1 atom stereocenters. The predicted molar refractivity (Wildman–Crippen MR) is 119 cm³/mol. The van der Waals surface area contributed by atoms with Crippen LogP contribution in [0.4, 0.5) is 10.1 Å². The Morgan fingerprint density at radius 3 is 2.59 bits per heavy atom. The summed E-state index contributed by atoms with van der Waals surface area (Å²) >= 11 is 1.84. The molecular formula is C23H30FN3OS. The molecule has 0 spiro atoms. The summed E-state index contributed by atoms with van der Waals surface area (Å²) in [4.78, 5) is 5.01. The van der Waals surface area contributed by atoms with E-state index in [2.05, 4.69) is 34.1 Å². The molecule has 6 heteroatoms. The largest absolute Gasteiger partial charge is 0.494 e. The Bertz CT molecular complexity index is 780. The molecule has 1 saturated heterocycles. The number of nitrogens with two attached hydrogens (primary N) is 1. The molecule has 2 N–H and O–H groups in total. The predicted octanol–water partition coefficient (Wildman–Crippen LogP) is 4.44. The van der Waals surface area contributed by atoms with Crippen LogP contribution in [0.3, 0.4) is 0 Å². The zero-order chi connectivity index (χ0) is 20.1. The van der Waals surface area contributed by atoms with Gasteiger partial charge in [0.15, 0.2) is 0 Å². The van der Waals surface area contributed by atoms with E-state index in [0.29, 0.717) is 12.6 Å². The third-order valence-corrected chi connectivity index (χ3v) is 6.90. The van der Waals surface area contributed by atoms with Gasteiger partial charge in [0.25, 0.3) is 0 Å². The summed E-state index contributed by atoms with van der Waals surface area (Å²) in [5.41, 5.74) is 9.26. The second-order valence-electron chi connectivity index (χ2n) is 7.82. The van der Waals surface area contributed by atoms with Crippen LogP contribution in [0.5, 0.6) is 5.75 Å². The number of thioether (sulfide) groups is 1. The molecule has 156 valence electrons. The molecule has 0 amide bonds. The highest BCUT2D eigenvalue weighted by Gasteiger charge is 2.32. The van der Waals surface area contributed by atoms with E-state index in [9.17, 15) is 4.39 Å². The molecule has 2 aromatic carbocycles. The highest BCUT2D eigenvalue weighted by atomic mass is 32.2. The molecule has 4 rings (SSSR count). The van der Waals surface area contributed by atoms with Crippen molar-refractivity contribution < 1.29 is 9.13 Å². The number of nitrogens with zero attached hydrogens (tertiary/aromatic N) is 2. The van der Waals surface area contributed by atoms with E-state index in [1.165, 1.54) is 23.4 Å². The van der Waals surface area contributed by atoms with Crippen molar-refractivity contribution in [2.24, 2.45) is 5.73 Å². The molecule has 0 radical (unpaired) electrons. The van der Waals surface area contributed by atoms with Crippen molar-refractivity contribution in [2.45, 2.75) is 43.0 Å². The average Bonchev–Trinajstić information content (AvgIpc) is 2.75. The maximum absolute atomic E-state index is 12.9. The number of halogens is 1. The van der Waals surface area contributed by atoms with Gasteiger partial charge in [0, 0.05) is 30.6 Å². The fourth-order valence-corrected chi connectivity index (χ4v) is 5.30. The van der Waals surface area contributed by atoms with Crippen LogP contribution >= 0.6 is 11.8 Å². The van der Waals surface area contributed by atoms with Gasteiger partial charge in [-0.25, -0.2) is 4.39 Å². The molecule has 2 aliphatic rings. The first-order valence-corrected chi connectivity index (χ1v) is 11.6. The Morgan fingerprint density at radius 1 is 1.03 bits per heavy atom. The van der Waals surface area contributed by atoms with Gasteiger partial charge in [-0.3, -0.25) is 0 Å². The minimum Gasteiger partial charge on any atom is -0.494 e. The molecule has 0 saturated carbocycles. The number of para-hydroxylation sites is 1. The minimum absolute atomic E-state index is 0.0602. The van der Waals surface area contributed by atoms with Crippen molar-refractivity contribution >= 4 is 17.4 Å². The normalized spacial score (nSPS) is 20.5. The van der Waals surface area contributed by atoms with Crippen LogP contribution in [-0.4, -0.2) is 42.7 Å². The number of anilines is 1. The van der Waals surface area contributed by atoms with Crippen LogP contribution in [0, 0.1) is 5.82 Å². The molecule has 1 fully saturated rings. The Kier molecular flexibility index (Phi) is 6.95. The summed E-state index contributed by atoms with van der Waals surface area (Å²) in [7, 11) is 0. The standard InChI is InChI=1S/C23H30FN3OS/c24-19-7-9-21(10-8-19)28-16-4-3-13-26-14-11-20(12-15-26)27-22-6-2-1-5-18(22)17-29-23(27)25/h1-2,5-10,20,23H,3-4,11-17,25H2. The van der Waals surface area contributed by atoms with E-state index < -0.39 is 0 Å². The van der Waals surface area contributed by atoms with Crippen LogP contribution in [0.25, 0.3) is 0 Å². The Labute approximate surface area is 177 Å². The molecule has 2 heterocycles. The quantitative estimate of drug-likeness (QED) is 0.677. The molecule has 2 aliphatic heterocycles. The first-order valence-electron chi connectivity index (χ1n) is 10.5. The SMILES string of the molecule is NC1SCc2ccccc2N1C1CCN(CCCCOc2ccc(F)cc2)CC1. The van der Waals surface area contributed by atoms with E-state index in [1.807, 2.05) is 11.8 Å². The second kappa shape index (κ2) is 9.83. The topological polar surface area (TPSA) is 41.7 Å². The Morgan fingerprint density at radius 2 is 1.79 bits per heavy atom. The van der Waals surface area contributed by atoms with Gasteiger partial charge in [-0.1, -0.05) is 18.2 Å².